The molecule has 0 bridgehead atoms. The van der Waals surface area contributed by atoms with E-state index in [4.69, 9.17) is 5.73 Å². The van der Waals surface area contributed by atoms with Gasteiger partial charge in [0.2, 0.25) is 0 Å². The molecular weight excluding hydrogens is 236 g/mol. The highest BCUT2D eigenvalue weighted by molar-refractivity contribution is 7.91. The standard InChI is InChI=1S/C12H26N2O2S/c1-3-5-12(11-13,6-4-2)14-7-9-17(15,16)10-8-14/h3-11,13H2,1-2H3. The van der Waals surface area contributed by atoms with Crippen LogP contribution in [0, 0.1) is 0 Å². The highest BCUT2D eigenvalue weighted by atomic mass is 32.2. The summed E-state index contributed by atoms with van der Waals surface area (Å²) in [6, 6.07) is 0. The van der Waals surface area contributed by atoms with Gasteiger partial charge in [-0.3, -0.25) is 4.90 Å². The molecule has 4 nitrogen and oxygen atoms in total. The van der Waals surface area contributed by atoms with Crippen LogP contribution in [0.2, 0.25) is 0 Å². The van der Waals surface area contributed by atoms with E-state index in [0.29, 0.717) is 31.1 Å². The summed E-state index contributed by atoms with van der Waals surface area (Å²) in [5.74, 6) is 0.588. The van der Waals surface area contributed by atoms with Gasteiger partial charge in [-0.25, -0.2) is 8.42 Å². The van der Waals surface area contributed by atoms with Crippen LogP contribution in [0.25, 0.3) is 0 Å². The zero-order valence-electron chi connectivity index (χ0n) is 11.1. The molecule has 0 aromatic rings. The summed E-state index contributed by atoms with van der Waals surface area (Å²) >= 11 is 0. The van der Waals surface area contributed by atoms with Crippen LogP contribution in [0.4, 0.5) is 0 Å². The third-order valence-electron chi connectivity index (χ3n) is 3.83. The minimum absolute atomic E-state index is 0.0272. The molecule has 0 aliphatic carbocycles. The smallest absolute Gasteiger partial charge is 0.152 e. The van der Waals surface area contributed by atoms with Gasteiger partial charge in [0.25, 0.3) is 0 Å². The topological polar surface area (TPSA) is 63.4 Å². The Morgan fingerprint density at radius 1 is 1.12 bits per heavy atom. The molecule has 0 amide bonds. The van der Waals surface area contributed by atoms with Crippen LogP contribution >= 0.6 is 0 Å². The zero-order valence-corrected chi connectivity index (χ0v) is 11.9. The summed E-state index contributed by atoms with van der Waals surface area (Å²) in [5.41, 5.74) is 6.01. The van der Waals surface area contributed by atoms with Gasteiger partial charge in [0, 0.05) is 25.2 Å². The van der Waals surface area contributed by atoms with Gasteiger partial charge in [-0.15, -0.1) is 0 Å². The first kappa shape index (κ1) is 14.9. The van der Waals surface area contributed by atoms with Crippen LogP contribution < -0.4 is 5.73 Å². The second kappa shape index (κ2) is 6.16. The van der Waals surface area contributed by atoms with E-state index in [1.165, 1.54) is 0 Å². The quantitative estimate of drug-likeness (QED) is 0.776. The van der Waals surface area contributed by atoms with Crippen LogP contribution in [0.3, 0.4) is 0 Å². The van der Waals surface area contributed by atoms with Gasteiger partial charge < -0.3 is 5.73 Å². The van der Waals surface area contributed by atoms with Crippen molar-refractivity contribution in [1.82, 2.24) is 4.90 Å². The van der Waals surface area contributed by atoms with Crippen LogP contribution in [-0.2, 0) is 9.84 Å². The number of sulfone groups is 1. The molecule has 0 atom stereocenters. The maximum Gasteiger partial charge on any atom is 0.152 e. The van der Waals surface area contributed by atoms with Crippen LogP contribution in [0.5, 0.6) is 0 Å². The normalized spacial score (nSPS) is 21.6. The van der Waals surface area contributed by atoms with E-state index >= 15 is 0 Å². The molecule has 102 valence electrons. The second-order valence-electron chi connectivity index (χ2n) is 5.07. The lowest BCUT2D eigenvalue weighted by Gasteiger charge is -2.45. The predicted molar refractivity (Wildman–Crippen MR) is 71.8 cm³/mol. The molecule has 0 aromatic carbocycles. The molecule has 0 saturated carbocycles. The maximum absolute atomic E-state index is 11.5. The average Bonchev–Trinajstić information content (AvgIpc) is 2.28. The number of hydrogen-bond acceptors (Lipinski definition) is 4. The van der Waals surface area contributed by atoms with Gasteiger partial charge in [0.15, 0.2) is 9.84 Å². The fourth-order valence-corrected chi connectivity index (χ4v) is 4.09. The van der Waals surface area contributed by atoms with E-state index in [1.54, 1.807) is 0 Å². The first-order valence-electron chi connectivity index (χ1n) is 6.65. The van der Waals surface area contributed by atoms with E-state index < -0.39 is 9.84 Å². The highest BCUT2D eigenvalue weighted by Gasteiger charge is 2.37. The third kappa shape index (κ3) is 3.66. The van der Waals surface area contributed by atoms with Crippen molar-refractivity contribution < 1.29 is 8.42 Å². The molecular formula is C12H26N2O2S. The molecule has 0 radical (unpaired) electrons. The summed E-state index contributed by atoms with van der Waals surface area (Å²) in [6.45, 7) is 6.27. The van der Waals surface area contributed by atoms with E-state index in [-0.39, 0.29) is 5.54 Å². The Hall–Kier alpha value is -0.130. The average molecular weight is 262 g/mol. The Morgan fingerprint density at radius 2 is 1.59 bits per heavy atom. The van der Waals surface area contributed by atoms with E-state index in [2.05, 4.69) is 18.7 Å². The van der Waals surface area contributed by atoms with Crippen molar-refractivity contribution in [2.45, 2.75) is 45.1 Å². The minimum atomic E-state index is -2.80. The fourth-order valence-electron chi connectivity index (χ4n) is 2.89. The molecule has 2 N–H and O–H groups in total. The first-order chi connectivity index (χ1) is 7.99. The Kier molecular flexibility index (Phi) is 5.41. The minimum Gasteiger partial charge on any atom is -0.329 e. The van der Waals surface area contributed by atoms with Gasteiger partial charge in [-0.2, -0.15) is 0 Å². The Balaban J connectivity index is 2.77. The largest absolute Gasteiger partial charge is 0.329 e. The molecule has 0 aromatic heterocycles. The maximum atomic E-state index is 11.5. The lowest BCUT2D eigenvalue weighted by molar-refractivity contribution is 0.0835. The van der Waals surface area contributed by atoms with Gasteiger partial charge in [0.05, 0.1) is 11.5 Å². The van der Waals surface area contributed by atoms with Gasteiger partial charge in [-0.05, 0) is 12.8 Å². The van der Waals surface area contributed by atoms with Crippen molar-refractivity contribution in [1.29, 1.82) is 0 Å². The van der Waals surface area contributed by atoms with E-state index in [1.807, 2.05) is 0 Å². The Bertz CT molecular complexity index is 307. The van der Waals surface area contributed by atoms with Crippen molar-refractivity contribution in [3.63, 3.8) is 0 Å². The SMILES string of the molecule is CCCC(CN)(CCC)N1CCS(=O)(=O)CC1. The van der Waals surface area contributed by atoms with Crippen molar-refractivity contribution >= 4 is 9.84 Å². The molecule has 1 aliphatic heterocycles. The number of nitrogens with zero attached hydrogens (tertiary/aromatic N) is 1. The first-order valence-corrected chi connectivity index (χ1v) is 8.47. The summed E-state index contributed by atoms with van der Waals surface area (Å²) in [6.07, 6.45) is 4.33. The molecule has 1 rings (SSSR count). The highest BCUT2D eigenvalue weighted by Crippen LogP contribution is 2.28. The molecule has 0 unspecified atom stereocenters. The van der Waals surface area contributed by atoms with Gasteiger partial charge in [0.1, 0.15) is 0 Å². The van der Waals surface area contributed by atoms with Gasteiger partial charge in [-0.1, -0.05) is 26.7 Å². The van der Waals surface area contributed by atoms with Crippen molar-refractivity contribution in [2.24, 2.45) is 5.73 Å². The van der Waals surface area contributed by atoms with Crippen molar-refractivity contribution in [3.8, 4) is 0 Å². The Labute approximate surface area is 105 Å². The molecule has 1 fully saturated rings. The van der Waals surface area contributed by atoms with Crippen LogP contribution in [0.15, 0.2) is 0 Å². The second-order valence-corrected chi connectivity index (χ2v) is 7.37. The van der Waals surface area contributed by atoms with Crippen LogP contribution in [-0.4, -0.2) is 50.0 Å². The summed E-state index contributed by atoms with van der Waals surface area (Å²) in [7, 11) is -2.80. The number of hydrogen-bond donors (Lipinski definition) is 1. The van der Waals surface area contributed by atoms with Crippen molar-refractivity contribution in [3.05, 3.63) is 0 Å². The van der Waals surface area contributed by atoms with Crippen LogP contribution in [0.1, 0.15) is 39.5 Å². The molecule has 1 saturated heterocycles. The molecule has 17 heavy (non-hydrogen) atoms. The van der Waals surface area contributed by atoms with E-state index in [9.17, 15) is 8.42 Å². The van der Waals surface area contributed by atoms with Crippen molar-refractivity contribution in [2.75, 3.05) is 31.1 Å². The molecule has 1 aliphatic rings. The monoisotopic (exact) mass is 262 g/mol. The third-order valence-corrected chi connectivity index (χ3v) is 5.44. The number of rotatable bonds is 6. The fraction of sp³-hybridized carbons (Fsp3) is 1.00. The summed E-state index contributed by atoms with van der Waals surface area (Å²) in [5, 5.41) is 0. The van der Waals surface area contributed by atoms with Gasteiger partial charge >= 0.3 is 0 Å². The summed E-state index contributed by atoms with van der Waals surface area (Å²) in [4.78, 5) is 2.32. The molecule has 5 heteroatoms. The number of nitrogens with two attached hydrogens (primary N) is 1. The summed E-state index contributed by atoms with van der Waals surface area (Å²) < 4.78 is 22.9. The van der Waals surface area contributed by atoms with E-state index in [0.717, 1.165) is 25.7 Å². The molecule has 0 spiro atoms. The molecule has 1 heterocycles. The Morgan fingerprint density at radius 3 is 1.94 bits per heavy atom. The predicted octanol–water partition coefficient (Wildman–Crippen LogP) is 1.01. The lowest BCUT2D eigenvalue weighted by atomic mass is 9.86. The zero-order chi connectivity index (χ0) is 12.9. The lowest BCUT2D eigenvalue weighted by Crippen LogP contribution is -2.58.